The second-order valence-corrected chi connectivity index (χ2v) is 13.6. The normalized spacial score (nSPS) is 15.6. The first-order valence-corrected chi connectivity index (χ1v) is 20.5. The summed E-state index contributed by atoms with van der Waals surface area (Å²) in [4.78, 5) is 10.3. The van der Waals surface area contributed by atoms with E-state index in [1.807, 2.05) is 0 Å². The van der Waals surface area contributed by atoms with Gasteiger partial charge in [0.15, 0.2) is 0 Å². The lowest BCUT2D eigenvalue weighted by atomic mass is 10.0. The number of carbonyl (C=O) groups is 1. The maximum absolute atomic E-state index is 10.3. The minimum absolute atomic E-state index is 0.345. The van der Waals surface area contributed by atoms with Crippen LogP contribution in [0.2, 0.25) is 0 Å². The Balaban J connectivity index is -0.000000155. The van der Waals surface area contributed by atoms with Gasteiger partial charge in [-0.3, -0.25) is 4.79 Å². The van der Waals surface area contributed by atoms with E-state index in [1.54, 1.807) is 0 Å². The Bertz CT molecular complexity index is 658. The van der Waals surface area contributed by atoms with Gasteiger partial charge >= 0.3 is 5.97 Å². The van der Waals surface area contributed by atoms with Gasteiger partial charge in [0.2, 0.25) is 0 Å². The molecule has 0 rings (SSSR count). The second-order valence-electron chi connectivity index (χ2n) is 13.6. The first-order chi connectivity index (χ1) is 28.4. The monoisotopic (exact) mass is 895 g/mol. The van der Waals surface area contributed by atoms with Gasteiger partial charge < -0.3 is 107 Å². The molecule has 0 fully saturated rings. The minimum Gasteiger partial charge on any atom is -0.481 e. The van der Waals surface area contributed by atoms with Gasteiger partial charge in [-0.15, -0.1) is 0 Å². The van der Waals surface area contributed by atoms with Crippen LogP contribution in [0.5, 0.6) is 0 Å². The average molecular weight is 895 g/mol. The van der Waals surface area contributed by atoms with Crippen LogP contribution in [0.4, 0.5) is 0 Å². The van der Waals surface area contributed by atoms with Crippen molar-refractivity contribution in [3.8, 4) is 0 Å². The number of carboxylic acid groups (broad SMARTS) is 1. The molecule has 0 saturated heterocycles. The number of carboxylic acids is 1. The highest BCUT2D eigenvalue weighted by atomic mass is 16.4. The average Bonchev–Trinajstić information content (AvgIpc) is 3.28. The van der Waals surface area contributed by atoms with Crippen molar-refractivity contribution in [3.63, 3.8) is 0 Å². The van der Waals surface area contributed by atoms with E-state index >= 15 is 0 Å². The molecule has 0 heterocycles. The topological polar surface area (TPSA) is 442 Å². The zero-order valence-electron chi connectivity index (χ0n) is 35.5. The molecule has 0 aromatic carbocycles. The highest BCUT2D eigenvalue weighted by Gasteiger charge is 2.15. The fourth-order valence-corrected chi connectivity index (χ4v) is 3.86. The summed E-state index contributed by atoms with van der Waals surface area (Å²) in [7, 11) is 0. The lowest BCUT2D eigenvalue weighted by molar-refractivity contribution is -0.137. The van der Waals surface area contributed by atoms with Crippen molar-refractivity contribution < 1.29 is 112 Å². The summed E-state index contributed by atoms with van der Waals surface area (Å²) < 4.78 is 0. The van der Waals surface area contributed by atoms with Crippen LogP contribution in [0.15, 0.2) is 0 Å². The molecule has 60 heavy (non-hydrogen) atoms. The Hall–Kier alpha value is -1.33. The Kier molecular flexibility index (Phi) is 65.3. The molecule has 0 bridgehead atoms. The van der Waals surface area contributed by atoms with Crippen molar-refractivity contribution in [2.45, 2.75) is 171 Å². The molecule has 0 unspecified atom stereocenters. The van der Waals surface area contributed by atoms with Crippen LogP contribution in [-0.4, -0.2) is 240 Å². The SMILES string of the molecule is CCCCCCCCCCCCCCCCCC(=O)O.OC[C@@H](O)[C@@H](O)CO.OC[C@@H](O)[C@@H](O)CO.OC[C@@H](O)[C@@H](O)CO.OC[C@@H](O)[C@@H](O)CO.OC[C@@H](O)[C@@H](O)CO. The number of hydrogen-bond acceptors (Lipinski definition) is 21. The van der Waals surface area contributed by atoms with E-state index in [0.717, 1.165) is 12.8 Å². The zero-order valence-corrected chi connectivity index (χ0v) is 35.5. The Morgan fingerprint density at radius 1 is 0.283 bits per heavy atom. The molecule has 0 aromatic heterocycles. The lowest BCUT2D eigenvalue weighted by Crippen LogP contribution is -2.31. The van der Waals surface area contributed by atoms with E-state index in [1.165, 1.54) is 83.5 Å². The van der Waals surface area contributed by atoms with E-state index in [9.17, 15) is 4.79 Å². The van der Waals surface area contributed by atoms with Crippen molar-refractivity contribution in [1.29, 1.82) is 0 Å². The van der Waals surface area contributed by atoms with Gasteiger partial charge in [-0.05, 0) is 6.42 Å². The molecule has 0 saturated carbocycles. The molecule has 0 radical (unpaired) electrons. The van der Waals surface area contributed by atoms with Crippen LogP contribution in [0.25, 0.3) is 0 Å². The molecule has 0 spiro atoms. The van der Waals surface area contributed by atoms with Crippen LogP contribution in [-0.2, 0) is 4.79 Å². The van der Waals surface area contributed by atoms with Gasteiger partial charge in [-0.1, -0.05) is 96.8 Å². The van der Waals surface area contributed by atoms with Crippen LogP contribution < -0.4 is 0 Å². The fourth-order valence-electron chi connectivity index (χ4n) is 3.86. The van der Waals surface area contributed by atoms with Gasteiger partial charge in [0.1, 0.15) is 61.0 Å². The van der Waals surface area contributed by atoms with Crippen LogP contribution in [0.1, 0.15) is 110 Å². The number of hydrogen-bond donors (Lipinski definition) is 21. The van der Waals surface area contributed by atoms with E-state index in [2.05, 4.69) is 6.92 Å². The van der Waals surface area contributed by atoms with Gasteiger partial charge in [0, 0.05) is 6.42 Å². The molecule has 0 aliphatic carbocycles. The summed E-state index contributed by atoms with van der Waals surface area (Å²) in [6, 6.07) is 0. The summed E-state index contributed by atoms with van der Waals surface area (Å²) in [6.07, 6.45) is 7.98. The molecule has 0 aliphatic rings. The summed E-state index contributed by atoms with van der Waals surface area (Å²) in [6.45, 7) is -2.99. The molecule has 22 nitrogen and oxygen atoms in total. The van der Waals surface area contributed by atoms with Gasteiger partial charge in [-0.2, -0.15) is 0 Å². The quantitative estimate of drug-likeness (QED) is 0.0289. The largest absolute Gasteiger partial charge is 0.481 e. The molecule has 22 heteroatoms. The second kappa shape index (κ2) is 55.7. The highest BCUT2D eigenvalue weighted by molar-refractivity contribution is 5.66. The summed E-state index contributed by atoms with van der Waals surface area (Å²) in [5, 5.41) is 174. The third-order valence-corrected chi connectivity index (χ3v) is 8.09. The molecule has 0 aliphatic heterocycles. The standard InChI is InChI=1S/C18H36O2.5C4H10O4/c1-2-3-4-5-6-7-8-9-10-11-12-13-14-15-16-17-18(19)20;5*5-1-3(7)4(8)2-6/h2-17H2,1H3,(H,19,20);5*3-8H,1-2H2/t;5*3-,4+. The van der Waals surface area contributed by atoms with E-state index < -0.39 is 133 Å². The number of rotatable bonds is 31. The number of unbranched alkanes of at least 4 members (excludes halogenated alkanes) is 14. The van der Waals surface area contributed by atoms with Crippen molar-refractivity contribution >= 4 is 5.97 Å². The molecule has 0 aromatic rings. The molecular weight excluding hydrogens is 808 g/mol. The first-order valence-electron chi connectivity index (χ1n) is 20.5. The van der Waals surface area contributed by atoms with Gasteiger partial charge in [0.05, 0.1) is 66.1 Å². The smallest absolute Gasteiger partial charge is 0.303 e. The zero-order chi connectivity index (χ0) is 47.7. The number of aliphatic hydroxyl groups excluding tert-OH is 20. The predicted molar refractivity (Wildman–Crippen MR) is 218 cm³/mol. The van der Waals surface area contributed by atoms with Gasteiger partial charge in [0.25, 0.3) is 0 Å². The number of aliphatic hydroxyl groups is 20. The molecule has 0 amide bonds. The van der Waals surface area contributed by atoms with Crippen molar-refractivity contribution in [3.05, 3.63) is 0 Å². The highest BCUT2D eigenvalue weighted by Crippen LogP contribution is 2.13. The third-order valence-electron chi connectivity index (χ3n) is 8.09. The van der Waals surface area contributed by atoms with Crippen LogP contribution in [0.3, 0.4) is 0 Å². The predicted octanol–water partition coefficient (Wildman–Crippen LogP) is -5.20. The molecule has 10 atom stereocenters. The maximum Gasteiger partial charge on any atom is 0.303 e. The van der Waals surface area contributed by atoms with E-state index in [-0.39, 0.29) is 0 Å². The van der Waals surface area contributed by atoms with Gasteiger partial charge in [-0.25, -0.2) is 0 Å². The summed E-state index contributed by atoms with van der Waals surface area (Å²) in [5.74, 6) is -0.653. The van der Waals surface area contributed by atoms with Crippen molar-refractivity contribution in [1.82, 2.24) is 0 Å². The Morgan fingerprint density at radius 3 is 0.533 bits per heavy atom. The number of aliphatic carboxylic acids is 1. The molecule has 370 valence electrons. The van der Waals surface area contributed by atoms with E-state index in [0.29, 0.717) is 6.42 Å². The summed E-state index contributed by atoms with van der Waals surface area (Å²) in [5.41, 5.74) is 0. The van der Waals surface area contributed by atoms with Crippen LogP contribution >= 0.6 is 0 Å². The van der Waals surface area contributed by atoms with Crippen molar-refractivity contribution in [2.75, 3.05) is 66.1 Å². The third kappa shape index (κ3) is 56.7. The molecular formula is C38H86O22. The van der Waals surface area contributed by atoms with Crippen molar-refractivity contribution in [2.24, 2.45) is 0 Å². The summed E-state index contributed by atoms with van der Waals surface area (Å²) >= 11 is 0. The van der Waals surface area contributed by atoms with E-state index in [4.69, 9.17) is 107 Å². The van der Waals surface area contributed by atoms with Crippen LogP contribution in [0, 0.1) is 0 Å². The fraction of sp³-hybridized carbons (Fsp3) is 0.974. The minimum atomic E-state index is -1.22. The maximum atomic E-state index is 10.3. The Labute approximate surface area is 354 Å². The Morgan fingerprint density at radius 2 is 0.417 bits per heavy atom. The first kappa shape index (κ1) is 70.3. The lowest BCUT2D eigenvalue weighted by Gasteiger charge is -2.10. The molecule has 21 N–H and O–H groups in total.